The lowest BCUT2D eigenvalue weighted by molar-refractivity contribution is 0.184. The minimum atomic E-state index is -0.0911. The Labute approximate surface area is 114 Å². The Balaban J connectivity index is 1.82. The van der Waals surface area contributed by atoms with Gasteiger partial charge in [0.1, 0.15) is 0 Å². The molecule has 2 amide bonds. The summed E-state index contributed by atoms with van der Waals surface area (Å²) in [5, 5.41) is 5.89. The van der Waals surface area contributed by atoms with Crippen LogP contribution in [0.3, 0.4) is 0 Å². The van der Waals surface area contributed by atoms with Gasteiger partial charge in [0.05, 0.1) is 6.61 Å². The molecule has 0 aliphatic heterocycles. The number of benzene rings is 1. The van der Waals surface area contributed by atoms with E-state index < -0.39 is 0 Å². The number of methoxy groups -OCH3 is 1. The van der Waals surface area contributed by atoms with Gasteiger partial charge in [-0.1, -0.05) is 24.3 Å². The number of carbonyl (C=O) groups excluding carboxylic acids is 1. The molecule has 2 N–H and O–H groups in total. The van der Waals surface area contributed by atoms with Crippen molar-refractivity contribution in [2.75, 3.05) is 7.11 Å². The number of nitrogens with one attached hydrogen (secondary N) is 2. The van der Waals surface area contributed by atoms with Crippen LogP contribution in [0, 0.1) is 5.92 Å². The van der Waals surface area contributed by atoms with E-state index in [0.717, 1.165) is 11.1 Å². The van der Waals surface area contributed by atoms with E-state index in [9.17, 15) is 4.79 Å². The Morgan fingerprint density at radius 3 is 2.68 bits per heavy atom. The summed E-state index contributed by atoms with van der Waals surface area (Å²) in [5.74, 6) is 0.673. The fourth-order valence-corrected chi connectivity index (χ4v) is 2.17. The number of hydrogen-bond donors (Lipinski definition) is 2. The van der Waals surface area contributed by atoms with Crippen LogP contribution in [0.4, 0.5) is 4.79 Å². The first-order valence-electron chi connectivity index (χ1n) is 6.80. The molecule has 0 aromatic heterocycles. The smallest absolute Gasteiger partial charge is 0.315 e. The third-order valence-corrected chi connectivity index (χ3v) is 3.55. The van der Waals surface area contributed by atoms with Gasteiger partial charge in [-0.15, -0.1) is 0 Å². The molecule has 4 heteroatoms. The molecule has 0 saturated heterocycles. The van der Waals surface area contributed by atoms with Gasteiger partial charge in [0.25, 0.3) is 0 Å². The van der Waals surface area contributed by atoms with Gasteiger partial charge in [0.15, 0.2) is 0 Å². The summed E-state index contributed by atoms with van der Waals surface area (Å²) in [4.78, 5) is 11.8. The molecule has 104 valence electrons. The normalized spacial score (nSPS) is 15.9. The predicted octanol–water partition coefficient (Wildman–Crippen LogP) is 2.43. The van der Waals surface area contributed by atoms with E-state index in [4.69, 9.17) is 4.74 Å². The van der Waals surface area contributed by atoms with Crippen LogP contribution in [-0.2, 0) is 17.9 Å². The average molecular weight is 262 g/mol. The van der Waals surface area contributed by atoms with Gasteiger partial charge in [0.2, 0.25) is 0 Å². The summed E-state index contributed by atoms with van der Waals surface area (Å²) in [5.41, 5.74) is 2.21. The molecule has 1 unspecified atom stereocenters. The lowest BCUT2D eigenvalue weighted by Gasteiger charge is -2.15. The Morgan fingerprint density at radius 1 is 1.37 bits per heavy atom. The second-order valence-electron chi connectivity index (χ2n) is 5.15. The van der Waals surface area contributed by atoms with E-state index in [-0.39, 0.29) is 12.1 Å². The monoisotopic (exact) mass is 262 g/mol. The maximum Gasteiger partial charge on any atom is 0.315 e. The number of urea groups is 1. The van der Waals surface area contributed by atoms with Crippen molar-refractivity contribution < 1.29 is 9.53 Å². The summed E-state index contributed by atoms with van der Waals surface area (Å²) >= 11 is 0. The van der Waals surface area contributed by atoms with Crippen LogP contribution in [0.15, 0.2) is 24.3 Å². The van der Waals surface area contributed by atoms with Crippen molar-refractivity contribution in [1.82, 2.24) is 10.6 Å². The maximum atomic E-state index is 11.8. The Morgan fingerprint density at radius 2 is 2.05 bits per heavy atom. The number of ether oxygens (including phenoxy) is 1. The first-order valence-corrected chi connectivity index (χ1v) is 6.80. The summed E-state index contributed by atoms with van der Waals surface area (Å²) in [6.45, 7) is 3.16. The molecule has 0 heterocycles. The van der Waals surface area contributed by atoms with E-state index in [1.54, 1.807) is 7.11 Å². The van der Waals surface area contributed by atoms with Crippen molar-refractivity contribution in [2.24, 2.45) is 5.92 Å². The molecule has 1 atom stereocenters. The summed E-state index contributed by atoms with van der Waals surface area (Å²) in [6, 6.07) is 8.17. The molecule has 1 aromatic rings. The first kappa shape index (κ1) is 13.9. The summed E-state index contributed by atoms with van der Waals surface area (Å²) < 4.78 is 5.15. The number of amides is 2. The molecule has 1 fully saturated rings. The van der Waals surface area contributed by atoms with E-state index in [1.165, 1.54) is 12.8 Å². The van der Waals surface area contributed by atoms with Gasteiger partial charge in [-0.2, -0.15) is 0 Å². The number of rotatable bonds is 6. The average Bonchev–Trinajstić information content (AvgIpc) is 3.22. The third kappa shape index (κ3) is 4.24. The van der Waals surface area contributed by atoms with Crippen LogP contribution in [0.5, 0.6) is 0 Å². The van der Waals surface area contributed by atoms with Gasteiger partial charge in [-0.3, -0.25) is 0 Å². The third-order valence-electron chi connectivity index (χ3n) is 3.55. The van der Waals surface area contributed by atoms with E-state index >= 15 is 0 Å². The van der Waals surface area contributed by atoms with Crippen LogP contribution in [0.25, 0.3) is 0 Å². The standard InChI is InChI=1S/C15H22N2O2/c1-11(12-7-8-12)17-15(18)16-9-13-5-3-4-6-14(13)10-19-2/h3-6,11-12H,7-10H2,1-2H3,(H2,16,17,18). The molecule has 0 spiro atoms. The minimum absolute atomic E-state index is 0.0911. The fourth-order valence-electron chi connectivity index (χ4n) is 2.17. The number of carbonyl (C=O) groups is 1. The topological polar surface area (TPSA) is 50.4 Å². The van der Waals surface area contributed by atoms with Crippen molar-refractivity contribution in [2.45, 2.75) is 39.0 Å². The van der Waals surface area contributed by atoms with Crippen molar-refractivity contribution in [1.29, 1.82) is 0 Å². The summed E-state index contributed by atoms with van der Waals surface area (Å²) in [6.07, 6.45) is 2.47. The van der Waals surface area contributed by atoms with E-state index in [2.05, 4.69) is 17.6 Å². The molecular formula is C15H22N2O2. The molecule has 0 bridgehead atoms. The van der Waals surface area contributed by atoms with Crippen LogP contribution >= 0.6 is 0 Å². The quantitative estimate of drug-likeness (QED) is 0.827. The van der Waals surface area contributed by atoms with Crippen LogP contribution in [0.2, 0.25) is 0 Å². The Hall–Kier alpha value is -1.55. The molecule has 1 aliphatic carbocycles. The van der Waals surface area contributed by atoms with Crippen LogP contribution < -0.4 is 10.6 Å². The highest BCUT2D eigenvalue weighted by Crippen LogP contribution is 2.32. The van der Waals surface area contributed by atoms with Crippen molar-refractivity contribution in [3.05, 3.63) is 35.4 Å². The van der Waals surface area contributed by atoms with Crippen molar-refractivity contribution >= 4 is 6.03 Å². The van der Waals surface area contributed by atoms with Crippen LogP contribution in [-0.4, -0.2) is 19.2 Å². The van der Waals surface area contributed by atoms with Crippen molar-refractivity contribution in [3.8, 4) is 0 Å². The van der Waals surface area contributed by atoms with Gasteiger partial charge >= 0.3 is 6.03 Å². The first-order chi connectivity index (χ1) is 9.20. The molecule has 4 nitrogen and oxygen atoms in total. The zero-order chi connectivity index (χ0) is 13.7. The second-order valence-corrected chi connectivity index (χ2v) is 5.15. The number of hydrogen-bond acceptors (Lipinski definition) is 2. The van der Waals surface area contributed by atoms with Gasteiger partial charge in [0, 0.05) is 19.7 Å². The lowest BCUT2D eigenvalue weighted by Crippen LogP contribution is -2.41. The fraction of sp³-hybridized carbons (Fsp3) is 0.533. The SMILES string of the molecule is COCc1ccccc1CNC(=O)NC(C)C1CC1. The molecule has 1 aliphatic rings. The Kier molecular flexibility index (Phi) is 4.80. The maximum absolute atomic E-state index is 11.8. The molecule has 1 saturated carbocycles. The minimum Gasteiger partial charge on any atom is -0.380 e. The second kappa shape index (κ2) is 6.57. The van der Waals surface area contributed by atoms with E-state index in [0.29, 0.717) is 19.1 Å². The highest BCUT2D eigenvalue weighted by molar-refractivity contribution is 5.74. The molecule has 1 aromatic carbocycles. The Bertz CT molecular complexity index is 430. The zero-order valence-corrected chi connectivity index (χ0v) is 11.6. The predicted molar refractivity (Wildman–Crippen MR) is 74.7 cm³/mol. The van der Waals surface area contributed by atoms with Crippen LogP contribution in [0.1, 0.15) is 30.9 Å². The van der Waals surface area contributed by atoms with Gasteiger partial charge in [-0.05, 0) is 36.8 Å². The highest BCUT2D eigenvalue weighted by atomic mass is 16.5. The molecule has 19 heavy (non-hydrogen) atoms. The molecule has 2 rings (SSSR count). The summed E-state index contributed by atoms with van der Waals surface area (Å²) in [7, 11) is 1.67. The molecule has 0 radical (unpaired) electrons. The molecular weight excluding hydrogens is 240 g/mol. The highest BCUT2D eigenvalue weighted by Gasteiger charge is 2.28. The van der Waals surface area contributed by atoms with E-state index in [1.807, 2.05) is 24.3 Å². The zero-order valence-electron chi connectivity index (χ0n) is 11.6. The lowest BCUT2D eigenvalue weighted by atomic mass is 10.1. The van der Waals surface area contributed by atoms with Crippen molar-refractivity contribution in [3.63, 3.8) is 0 Å². The van der Waals surface area contributed by atoms with Gasteiger partial charge < -0.3 is 15.4 Å². The largest absolute Gasteiger partial charge is 0.380 e. The van der Waals surface area contributed by atoms with Gasteiger partial charge in [-0.25, -0.2) is 4.79 Å².